The van der Waals surface area contributed by atoms with Crippen molar-refractivity contribution in [2.75, 3.05) is 0 Å². The first-order chi connectivity index (χ1) is 7.08. The van der Waals surface area contributed by atoms with Gasteiger partial charge in [-0.2, -0.15) is 4.80 Å². The van der Waals surface area contributed by atoms with E-state index in [1.807, 2.05) is 0 Å². The lowest BCUT2D eigenvalue weighted by molar-refractivity contribution is 0.624. The Kier molecular flexibility index (Phi) is 2.30. The second-order valence-corrected chi connectivity index (χ2v) is 3.85. The predicted molar refractivity (Wildman–Crippen MR) is 56.5 cm³/mol. The van der Waals surface area contributed by atoms with Crippen LogP contribution >= 0.6 is 0 Å². The van der Waals surface area contributed by atoms with Crippen LogP contribution < -0.4 is 0 Å². The van der Waals surface area contributed by atoms with Crippen LogP contribution in [0.3, 0.4) is 0 Å². The van der Waals surface area contributed by atoms with Crippen LogP contribution in [0, 0.1) is 20.8 Å². The SMILES string of the molecule is Cc1cn(Cc2nnn(C)n2)c(C)c1C. The zero-order chi connectivity index (χ0) is 11.0. The van der Waals surface area contributed by atoms with E-state index in [-0.39, 0.29) is 0 Å². The fourth-order valence-electron chi connectivity index (χ4n) is 1.63. The molecule has 0 aliphatic carbocycles. The number of tetrazole rings is 1. The fraction of sp³-hybridized carbons (Fsp3) is 0.500. The lowest BCUT2D eigenvalue weighted by Gasteiger charge is -2.01. The van der Waals surface area contributed by atoms with Gasteiger partial charge in [-0.1, -0.05) is 0 Å². The van der Waals surface area contributed by atoms with E-state index < -0.39 is 0 Å². The first kappa shape index (κ1) is 9.89. The van der Waals surface area contributed by atoms with Gasteiger partial charge in [-0.05, 0) is 37.1 Å². The number of aromatic nitrogens is 5. The third-order valence-electron chi connectivity index (χ3n) is 2.78. The highest BCUT2D eigenvalue weighted by Crippen LogP contribution is 2.14. The number of nitrogens with zero attached hydrogens (tertiary/aromatic N) is 5. The Bertz CT molecular complexity index is 480. The van der Waals surface area contributed by atoms with Crippen LogP contribution in [-0.4, -0.2) is 24.8 Å². The van der Waals surface area contributed by atoms with E-state index in [1.165, 1.54) is 21.6 Å². The lowest BCUT2D eigenvalue weighted by atomic mass is 10.2. The second-order valence-electron chi connectivity index (χ2n) is 3.85. The van der Waals surface area contributed by atoms with Gasteiger partial charge in [0.05, 0.1) is 13.6 Å². The molecular formula is C10H15N5. The standard InChI is InChI=1S/C10H15N5/c1-7-5-15(9(3)8(7)2)6-10-11-13-14(4)12-10/h5H,6H2,1-4H3. The summed E-state index contributed by atoms with van der Waals surface area (Å²) in [6, 6.07) is 0. The molecule has 0 saturated heterocycles. The molecule has 0 aliphatic rings. The van der Waals surface area contributed by atoms with E-state index in [0.29, 0.717) is 6.54 Å². The number of hydrogen-bond donors (Lipinski definition) is 0. The van der Waals surface area contributed by atoms with Crippen molar-refractivity contribution in [3.8, 4) is 0 Å². The first-order valence-electron chi connectivity index (χ1n) is 4.93. The summed E-state index contributed by atoms with van der Waals surface area (Å²) in [6.45, 7) is 7.04. The molecule has 0 spiro atoms. The van der Waals surface area contributed by atoms with E-state index in [2.05, 4.69) is 46.9 Å². The number of rotatable bonds is 2. The summed E-state index contributed by atoms with van der Waals surface area (Å²) in [5.74, 6) is 0.746. The smallest absolute Gasteiger partial charge is 0.194 e. The second kappa shape index (κ2) is 3.49. The molecule has 2 rings (SSSR count). The molecule has 15 heavy (non-hydrogen) atoms. The molecule has 0 aromatic carbocycles. The molecule has 2 heterocycles. The summed E-state index contributed by atoms with van der Waals surface area (Å²) >= 11 is 0. The first-order valence-corrected chi connectivity index (χ1v) is 4.93. The van der Waals surface area contributed by atoms with Crippen molar-refractivity contribution in [2.45, 2.75) is 27.3 Å². The Labute approximate surface area is 88.7 Å². The van der Waals surface area contributed by atoms with E-state index in [4.69, 9.17) is 0 Å². The summed E-state index contributed by atoms with van der Waals surface area (Å²) in [7, 11) is 1.77. The predicted octanol–water partition coefficient (Wildman–Crippen LogP) is 0.985. The van der Waals surface area contributed by atoms with Gasteiger partial charge in [0, 0.05) is 11.9 Å². The third-order valence-corrected chi connectivity index (χ3v) is 2.78. The quantitative estimate of drug-likeness (QED) is 0.734. The van der Waals surface area contributed by atoms with Crippen molar-refractivity contribution in [1.82, 2.24) is 24.8 Å². The Morgan fingerprint density at radius 3 is 2.47 bits per heavy atom. The van der Waals surface area contributed by atoms with E-state index in [1.54, 1.807) is 7.05 Å². The van der Waals surface area contributed by atoms with Crippen LogP contribution in [0.4, 0.5) is 0 Å². The largest absolute Gasteiger partial charge is 0.343 e. The zero-order valence-corrected chi connectivity index (χ0v) is 9.52. The van der Waals surface area contributed by atoms with Crippen molar-refractivity contribution >= 4 is 0 Å². The molecule has 2 aromatic rings. The summed E-state index contributed by atoms with van der Waals surface area (Å²) in [4.78, 5) is 1.48. The van der Waals surface area contributed by atoms with Gasteiger partial charge in [0.15, 0.2) is 5.82 Å². The average molecular weight is 205 g/mol. The van der Waals surface area contributed by atoms with Gasteiger partial charge in [-0.3, -0.25) is 0 Å². The third kappa shape index (κ3) is 1.77. The summed E-state index contributed by atoms with van der Waals surface area (Å²) < 4.78 is 2.15. The van der Waals surface area contributed by atoms with Crippen molar-refractivity contribution < 1.29 is 0 Å². The van der Waals surface area contributed by atoms with Crippen molar-refractivity contribution in [3.63, 3.8) is 0 Å². The Morgan fingerprint density at radius 1 is 1.27 bits per heavy atom. The zero-order valence-electron chi connectivity index (χ0n) is 9.52. The average Bonchev–Trinajstić information content (AvgIpc) is 2.68. The molecule has 5 heteroatoms. The molecule has 2 aromatic heterocycles. The Morgan fingerprint density at radius 2 is 2.00 bits per heavy atom. The highest BCUT2D eigenvalue weighted by atomic mass is 15.6. The molecule has 0 radical (unpaired) electrons. The summed E-state index contributed by atoms with van der Waals surface area (Å²) in [5.41, 5.74) is 3.90. The number of aryl methyl sites for hydroxylation is 2. The minimum Gasteiger partial charge on any atom is -0.343 e. The van der Waals surface area contributed by atoms with Crippen molar-refractivity contribution in [2.24, 2.45) is 7.05 Å². The molecule has 0 aliphatic heterocycles. The molecule has 0 bridgehead atoms. The molecule has 0 fully saturated rings. The minimum atomic E-state index is 0.689. The summed E-state index contributed by atoms with van der Waals surface area (Å²) in [5, 5.41) is 11.9. The van der Waals surface area contributed by atoms with Crippen LogP contribution in [0.25, 0.3) is 0 Å². The molecule has 80 valence electrons. The highest BCUT2D eigenvalue weighted by Gasteiger charge is 2.07. The maximum atomic E-state index is 4.16. The van der Waals surface area contributed by atoms with E-state index in [0.717, 1.165) is 5.82 Å². The molecule has 0 atom stereocenters. The minimum absolute atomic E-state index is 0.689. The van der Waals surface area contributed by atoms with Gasteiger partial charge in [0.1, 0.15) is 0 Å². The van der Waals surface area contributed by atoms with Crippen LogP contribution in [0.15, 0.2) is 6.20 Å². The van der Waals surface area contributed by atoms with Gasteiger partial charge < -0.3 is 4.57 Å². The van der Waals surface area contributed by atoms with Crippen LogP contribution in [-0.2, 0) is 13.6 Å². The van der Waals surface area contributed by atoms with Gasteiger partial charge in [-0.15, -0.1) is 10.2 Å². The summed E-state index contributed by atoms with van der Waals surface area (Å²) in [6.07, 6.45) is 2.13. The Balaban J connectivity index is 2.28. The van der Waals surface area contributed by atoms with E-state index in [9.17, 15) is 0 Å². The van der Waals surface area contributed by atoms with E-state index >= 15 is 0 Å². The molecule has 0 amide bonds. The van der Waals surface area contributed by atoms with Gasteiger partial charge in [0.2, 0.25) is 0 Å². The topological polar surface area (TPSA) is 48.5 Å². The normalized spacial score (nSPS) is 10.9. The molecule has 0 N–H and O–H groups in total. The number of hydrogen-bond acceptors (Lipinski definition) is 3. The Hall–Kier alpha value is -1.65. The fourth-order valence-corrected chi connectivity index (χ4v) is 1.63. The van der Waals surface area contributed by atoms with Crippen molar-refractivity contribution in [1.29, 1.82) is 0 Å². The highest BCUT2D eigenvalue weighted by molar-refractivity contribution is 5.29. The maximum absolute atomic E-state index is 4.16. The van der Waals surface area contributed by atoms with Crippen LogP contribution in [0.5, 0.6) is 0 Å². The molecule has 0 unspecified atom stereocenters. The monoisotopic (exact) mass is 205 g/mol. The molecule has 0 saturated carbocycles. The van der Waals surface area contributed by atoms with Crippen molar-refractivity contribution in [3.05, 3.63) is 28.8 Å². The molecule has 5 nitrogen and oxygen atoms in total. The van der Waals surface area contributed by atoms with Gasteiger partial charge in [-0.25, -0.2) is 0 Å². The van der Waals surface area contributed by atoms with Crippen LogP contribution in [0.1, 0.15) is 22.6 Å². The molecular weight excluding hydrogens is 190 g/mol. The maximum Gasteiger partial charge on any atom is 0.194 e. The van der Waals surface area contributed by atoms with Gasteiger partial charge in [0.25, 0.3) is 0 Å². The van der Waals surface area contributed by atoms with Crippen LogP contribution in [0.2, 0.25) is 0 Å². The lowest BCUT2D eigenvalue weighted by Crippen LogP contribution is -2.03. The van der Waals surface area contributed by atoms with Gasteiger partial charge >= 0.3 is 0 Å².